The van der Waals surface area contributed by atoms with Crippen molar-refractivity contribution in [2.45, 2.75) is 11.9 Å². The normalized spacial score (nSPS) is 11.8. The molecule has 0 saturated heterocycles. The molecule has 15 heavy (non-hydrogen) atoms. The minimum atomic E-state index is -3.26. The molecule has 0 fully saturated rings. The molecule has 78 valence electrons. The fourth-order valence-corrected chi connectivity index (χ4v) is 1.98. The molecule has 5 heteroatoms. The molecule has 2 aromatic rings. The van der Waals surface area contributed by atoms with Crippen LogP contribution in [0, 0.1) is 0 Å². The third kappa shape index (κ3) is 1.83. The molecule has 0 aliphatic heterocycles. The van der Waals surface area contributed by atoms with Crippen molar-refractivity contribution in [1.29, 1.82) is 0 Å². The van der Waals surface area contributed by atoms with E-state index in [-0.39, 0.29) is 10.8 Å². The summed E-state index contributed by atoms with van der Waals surface area (Å²) < 4.78 is 23.1. The van der Waals surface area contributed by atoms with E-state index < -0.39 is 9.84 Å². The van der Waals surface area contributed by atoms with Crippen molar-refractivity contribution in [2.75, 3.05) is 5.75 Å². The maximum absolute atomic E-state index is 11.5. The van der Waals surface area contributed by atoms with E-state index in [0.29, 0.717) is 11.0 Å². The topological polar surface area (TPSA) is 59.9 Å². The van der Waals surface area contributed by atoms with Gasteiger partial charge in [-0.2, -0.15) is 0 Å². The molecule has 0 bridgehead atoms. The first-order valence-electron chi connectivity index (χ1n) is 4.58. The van der Waals surface area contributed by atoms with Crippen LogP contribution in [0.15, 0.2) is 35.5 Å². The Morgan fingerprint density at radius 2 is 1.87 bits per heavy atom. The summed E-state index contributed by atoms with van der Waals surface area (Å²) >= 11 is 0. The van der Waals surface area contributed by atoms with Gasteiger partial charge in [0, 0.05) is 0 Å². The first-order valence-corrected chi connectivity index (χ1v) is 6.23. The highest BCUT2D eigenvalue weighted by molar-refractivity contribution is 7.91. The lowest BCUT2D eigenvalue weighted by molar-refractivity contribution is 0.593. The molecule has 0 aliphatic rings. The number of nitrogens with zero attached hydrogens (tertiary/aromatic N) is 2. The molecule has 0 spiro atoms. The molecule has 0 unspecified atom stereocenters. The maximum Gasteiger partial charge on any atom is 0.196 e. The number of hydrogen-bond donors (Lipinski definition) is 0. The Labute approximate surface area is 87.9 Å². The number of rotatable bonds is 2. The maximum atomic E-state index is 11.5. The molecule has 2 rings (SSSR count). The smallest absolute Gasteiger partial charge is 0.196 e. The van der Waals surface area contributed by atoms with E-state index >= 15 is 0 Å². The van der Waals surface area contributed by atoms with Crippen molar-refractivity contribution in [3.8, 4) is 0 Å². The van der Waals surface area contributed by atoms with Gasteiger partial charge >= 0.3 is 0 Å². The Balaban J connectivity index is 2.67. The SMILES string of the molecule is CCS(=O)(=O)c1cnc2ccccc2n1. The molecule has 0 amide bonds. The summed E-state index contributed by atoms with van der Waals surface area (Å²) in [5.41, 5.74) is 1.31. The Morgan fingerprint density at radius 1 is 1.20 bits per heavy atom. The van der Waals surface area contributed by atoms with Crippen molar-refractivity contribution < 1.29 is 8.42 Å². The lowest BCUT2D eigenvalue weighted by Gasteiger charge is -2.01. The second kappa shape index (κ2) is 3.58. The van der Waals surface area contributed by atoms with Gasteiger partial charge in [-0.15, -0.1) is 0 Å². The van der Waals surface area contributed by atoms with E-state index in [0.717, 1.165) is 0 Å². The minimum Gasteiger partial charge on any atom is -0.252 e. The van der Waals surface area contributed by atoms with Gasteiger partial charge in [0.15, 0.2) is 14.9 Å². The van der Waals surface area contributed by atoms with Crippen LogP contribution < -0.4 is 0 Å². The van der Waals surface area contributed by atoms with E-state index in [9.17, 15) is 8.42 Å². The molecule has 1 aromatic carbocycles. The number of fused-ring (bicyclic) bond motifs is 1. The quantitative estimate of drug-likeness (QED) is 0.771. The van der Waals surface area contributed by atoms with Crippen molar-refractivity contribution in [1.82, 2.24) is 9.97 Å². The molecule has 0 radical (unpaired) electrons. The Kier molecular flexibility index (Phi) is 2.40. The molecule has 4 nitrogen and oxygen atoms in total. The standard InChI is InChI=1S/C10H10N2O2S/c1-2-15(13,14)10-7-11-8-5-3-4-6-9(8)12-10/h3-7H,2H2,1H3. The summed E-state index contributed by atoms with van der Waals surface area (Å²) in [7, 11) is -3.26. The lowest BCUT2D eigenvalue weighted by Crippen LogP contribution is -2.06. The van der Waals surface area contributed by atoms with E-state index in [2.05, 4.69) is 9.97 Å². The second-order valence-electron chi connectivity index (χ2n) is 3.10. The predicted octanol–water partition coefficient (Wildman–Crippen LogP) is 1.42. The van der Waals surface area contributed by atoms with Crippen LogP contribution in [0.3, 0.4) is 0 Å². The lowest BCUT2D eigenvalue weighted by atomic mass is 10.3. The fourth-order valence-electron chi connectivity index (χ4n) is 1.24. The summed E-state index contributed by atoms with van der Waals surface area (Å²) in [6.07, 6.45) is 1.31. The van der Waals surface area contributed by atoms with Gasteiger partial charge < -0.3 is 0 Å². The molecule has 0 N–H and O–H groups in total. The average Bonchev–Trinajstić information content (AvgIpc) is 2.28. The molecule has 1 heterocycles. The number of para-hydroxylation sites is 2. The predicted molar refractivity (Wildman–Crippen MR) is 57.3 cm³/mol. The molecule has 0 aliphatic carbocycles. The van der Waals surface area contributed by atoms with Gasteiger partial charge in [0.25, 0.3) is 0 Å². The van der Waals surface area contributed by atoms with Crippen LogP contribution in [0.2, 0.25) is 0 Å². The van der Waals surface area contributed by atoms with Crippen molar-refractivity contribution in [3.05, 3.63) is 30.5 Å². The van der Waals surface area contributed by atoms with Crippen LogP contribution in [0.1, 0.15) is 6.92 Å². The number of sulfone groups is 1. The zero-order valence-electron chi connectivity index (χ0n) is 8.21. The highest BCUT2D eigenvalue weighted by Crippen LogP contribution is 2.12. The zero-order valence-corrected chi connectivity index (χ0v) is 9.03. The summed E-state index contributed by atoms with van der Waals surface area (Å²) in [4.78, 5) is 8.12. The van der Waals surface area contributed by atoms with E-state index in [1.54, 1.807) is 25.1 Å². The van der Waals surface area contributed by atoms with Crippen LogP contribution in [-0.4, -0.2) is 24.1 Å². The first-order chi connectivity index (χ1) is 7.13. The van der Waals surface area contributed by atoms with Crippen LogP contribution in [-0.2, 0) is 9.84 Å². The van der Waals surface area contributed by atoms with Crippen molar-refractivity contribution in [2.24, 2.45) is 0 Å². The highest BCUT2D eigenvalue weighted by atomic mass is 32.2. The third-order valence-corrected chi connectivity index (χ3v) is 3.72. The molecule has 0 atom stereocenters. The molecule has 1 aromatic heterocycles. The number of hydrogen-bond acceptors (Lipinski definition) is 4. The second-order valence-corrected chi connectivity index (χ2v) is 5.33. The summed E-state index contributed by atoms with van der Waals surface area (Å²) in [6.45, 7) is 1.59. The van der Waals surface area contributed by atoms with Gasteiger partial charge in [-0.25, -0.2) is 13.4 Å². The first kappa shape index (κ1) is 10.0. The van der Waals surface area contributed by atoms with Crippen LogP contribution >= 0.6 is 0 Å². The van der Waals surface area contributed by atoms with Gasteiger partial charge in [0.05, 0.1) is 23.0 Å². The Bertz CT molecular complexity index is 593. The fraction of sp³-hybridized carbons (Fsp3) is 0.200. The van der Waals surface area contributed by atoms with Crippen molar-refractivity contribution in [3.63, 3.8) is 0 Å². The van der Waals surface area contributed by atoms with Crippen LogP contribution in [0.25, 0.3) is 11.0 Å². The molecule has 0 saturated carbocycles. The monoisotopic (exact) mass is 222 g/mol. The van der Waals surface area contributed by atoms with Gasteiger partial charge in [-0.05, 0) is 12.1 Å². The van der Waals surface area contributed by atoms with Gasteiger partial charge in [0.2, 0.25) is 0 Å². The largest absolute Gasteiger partial charge is 0.252 e. The number of benzene rings is 1. The van der Waals surface area contributed by atoms with Gasteiger partial charge in [-0.1, -0.05) is 19.1 Å². The van der Waals surface area contributed by atoms with E-state index in [1.807, 2.05) is 6.07 Å². The minimum absolute atomic E-state index is 0.0417. The van der Waals surface area contributed by atoms with Crippen LogP contribution in [0.4, 0.5) is 0 Å². The molecular formula is C10H10N2O2S. The summed E-state index contributed by atoms with van der Waals surface area (Å²) in [5.74, 6) is 0.0417. The zero-order chi connectivity index (χ0) is 10.9. The average molecular weight is 222 g/mol. The molecular weight excluding hydrogens is 212 g/mol. The highest BCUT2D eigenvalue weighted by Gasteiger charge is 2.13. The van der Waals surface area contributed by atoms with E-state index in [1.165, 1.54) is 6.20 Å². The summed E-state index contributed by atoms with van der Waals surface area (Å²) in [5, 5.41) is 0.0451. The van der Waals surface area contributed by atoms with Gasteiger partial charge in [-0.3, -0.25) is 4.98 Å². The van der Waals surface area contributed by atoms with E-state index in [4.69, 9.17) is 0 Å². The Morgan fingerprint density at radius 3 is 2.53 bits per heavy atom. The number of aromatic nitrogens is 2. The van der Waals surface area contributed by atoms with Crippen molar-refractivity contribution >= 4 is 20.9 Å². The summed E-state index contributed by atoms with van der Waals surface area (Å²) in [6, 6.07) is 7.19. The Hall–Kier alpha value is -1.49. The third-order valence-electron chi connectivity index (χ3n) is 2.13. The van der Waals surface area contributed by atoms with Crippen LogP contribution in [0.5, 0.6) is 0 Å². The van der Waals surface area contributed by atoms with Gasteiger partial charge in [0.1, 0.15) is 0 Å².